The van der Waals surface area contributed by atoms with Gasteiger partial charge >= 0.3 is 0 Å². The number of hydrogen-bond donors (Lipinski definition) is 0. The molecule has 3 atom stereocenters. The summed E-state index contributed by atoms with van der Waals surface area (Å²) in [5.41, 5.74) is 0. The average Bonchev–Trinajstić information content (AvgIpc) is 3.11. The molecule has 2 bridgehead atoms. The van der Waals surface area contributed by atoms with Crippen LogP contribution in [-0.2, 0) is 0 Å². The normalized spacial score (nSPS) is 27.7. The van der Waals surface area contributed by atoms with Crippen molar-refractivity contribution in [1.29, 1.82) is 0 Å². The smallest absolute Gasteiger partial charge is 0.225 e. The second kappa shape index (κ2) is 5.10. The van der Waals surface area contributed by atoms with Crippen molar-refractivity contribution in [3.8, 4) is 0 Å². The van der Waals surface area contributed by atoms with E-state index in [9.17, 15) is 0 Å². The van der Waals surface area contributed by atoms with Crippen LogP contribution >= 0.6 is 22.9 Å². The number of nitrogens with zero attached hydrogens (tertiary/aromatic N) is 3. The summed E-state index contributed by atoms with van der Waals surface area (Å²) < 4.78 is 0. The maximum Gasteiger partial charge on any atom is 0.225 e. The van der Waals surface area contributed by atoms with Crippen molar-refractivity contribution in [3.63, 3.8) is 0 Å². The lowest BCUT2D eigenvalue weighted by Crippen LogP contribution is -2.29. The summed E-state index contributed by atoms with van der Waals surface area (Å²) >= 11 is 7.81. The zero-order chi connectivity index (χ0) is 14.6. The zero-order valence-electron chi connectivity index (χ0n) is 12.5. The highest BCUT2D eigenvalue weighted by Crippen LogP contribution is 2.48. The quantitative estimate of drug-likeness (QED) is 0.778. The van der Waals surface area contributed by atoms with Gasteiger partial charge in [-0.25, -0.2) is 4.98 Å². The van der Waals surface area contributed by atoms with Gasteiger partial charge in [-0.3, -0.25) is 0 Å². The first-order chi connectivity index (χ1) is 10.1. The summed E-state index contributed by atoms with van der Waals surface area (Å²) in [6.07, 6.45) is 5.74. The van der Waals surface area contributed by atoms with Crippen molar-refractivity contribution in [1.82, 2.24) is 9.97 Å². The Labute approximate surface area is 134 Å². The molecule has 112 valence electrons. The van der Waals surface area contributed by atoms with Crippen LogP contribution in [0.25, 0.3) is 10.2 Å². The summed E-state index contributed by atoms with van der Waals surface area (Å²) in [7, 11) is 2.15. The van der Waals surface area contributed by atoms with Gasteiger partial charge in [0.2, 0.25) is 5.28 Å². The Kier molecular flexibility index (Phi) is 3.34. The van der Waals surface area contributed by atoms with E-state index in [1.165, 1.54) is 30.6 Å². The van der Waals surface area contributed by atoms with Gasteiger partial charge in [-0.15, -0.1) is 11.3 Å². The van der Waals surface area contributed by atoms with Gasteiger partial charge in [0.1, 0.15) is 10.6 Å². The Bertz CT molecular complexity index is 683. The topological polar surface area (TPSA) is 29.0 Å². The molecular weight excluding hydrogens is 302 g/mol. The van der Waals surface area contributed by atoms with Gasteiger partial charge in [0.15, 0.2) is 0 Å². The number of halogens is 1. The van der Waals surface area contributed by atoms with Crippen LogP contribution in [0.15, 0.2) is 6.07 Å². The lowest BCUT2D eigenvalue weighted by Gasteiger charge is -2.28. The highest BCUT2D eigenvalue weighted by Gasteiger charge is 2.39. The fourth-order valence-electron chi connectivity index (χ4n) is 4.33. The lowest BCUT2D eigenvalue weighted by atomic mass is 9.88. The predicted molar refractivity (Wildman–Crippen MR) is 89.4 cm³/mol. The Morgan fingerprint density at radius 3 is 2.90 bits per heavy atom. The van der Waals surface area contributed by atoms with Gasteiger partial charge < -0.3 is 4.90 Å². The van der Waals surface area contributed by atoms with E-state index >= 15 is 0 Å². The van der Waals surface area contributed by atoms with Gasteiger partial charge in [0.25, 0.3) is 0 Å². The number of anilines is 1. The summed E-state index contributed by atoms with van der Waals surface area (Å²) in [6.45, 7) is 3.21. The molecule has 0 amide bonds. The van der Waals surface area contributed by atoms with Crippen molar-refractivity contribution in [2.45, 2.75) is 32.6 Å². The monoisotopic (exact) mass is 321 g/mol. The van der Waals surface area contributed by atoms with E-state index in [1.807, 2.05) is 0 Å². The Hall–Kier alpha value is -0.870. The number of thiophene rings is 1. The third-order valence-electron chi connectivity index (χ3n) is 5.22. The van der Waals surface area contributed by atoms with E-state index in [-0.39, 0.29) is 0 Å². The molecule has 2 aromatic heterocycles. The minimum absolute atomic E-state index is 0.360. The molecule has 2 aliphatic rings. The molecule has 0 aromatic carbocycles. The predicted octanol–water partition coefficient (Wildman–Crippen LogP) is 4.53. The van der Waals surface area contributed by atoms with Crippen LogP contribution in [0.4, 0.5) is 5.82 Å². The highest BCUT2D eigenvalue weighted by molar-refractivity contribution is 7.18. The molecule has 0 radical (unpaired) electrons. The van der Waals surface area contributed by atoms with Crippen LogP contribution in [0.5, 0.6) is 0 Å². The summed E-state index contributed by atoms with van der Waals surface area (Å²) in [5.74, 6) is 3.76. The fraction of sp³-hybridized carbons (Fsp3) is 0.625. The summed E-state index contributed by atoms with van der Waals surface area (Å²) in [4.78, 5) is 13.4. The maximum absolute atomic E-state index is 6.11. The molecule has 4 rings (SSSR count). The lowest BCUT2D eigenvalue weighted by molar-refractivity contribution is 0.337. The summed E-state index contributed by atoms with van der Waals surface area (Å²) in [6, 6.07) is 2.18. The van der Waals surface area contributed by atoms with Crippen molar-refractivity contribution in [3.05, 3.63) is 16.2 Å². The SMILES string of the molecule is Cc1cc2c(N(C)CC3CC4CCC3C4)nc(Cl)nc2s1. The van der Waals surface area contributed by atoms with Crippen LogP contribution in [0.2, 0.25) is 5.28 Å². The van der Waals surface area contributed by atoms with E-state index < -0.39 is 0 Å². The second-order valence-corrected chi connectivity index (χ2v) is 8.28. The zero-order valence-corrected chi connectivity index (χ0v) is 14.0. The molecule has 0 N–H and O–H groups in total. The van der Waals surface area contributed by atoms with Gasteiger partial charge in [-0.05, 0) is 61.6 Å². The number of aromatic nitrogens is 2. The molecule has 2 heterocycles. The van der Waals surface area contributed by atoms with E-state index in [2.05, 4.69) is 34.9 Å². The van der Waals surface area contributed by atoms with Crippen LogP contribution in [0.3, 0.4) is 0 Å². The van der Waals surface area contributed by atoms with Crippen LogP contribution in [0, 0.1) is 24.7 Å². The molecule has 5 heteroatoms. The number of fused-ring (bicyclic) bond motifs is 3. The molecule has 3 unspecified atom stereocenters. The van der Waals surface area contributed by atoms with E-state index in [0.717, 1.165) is 40.3 Å². The minimum atomic E-state index is 0.360. The van der Waals surface area contributed by atoms with Crippen molar-refractivity contribution < 1.29 is 0 Å². The fourth-order valence-corrected chi connectivity index (χ4v) is 5.42. The average molecular weight is 322 g/mol. The van der Waals surface area contributed by atoms with Crippen LogP contribution in [-0.4, -0.2) is 23.6 Å². The summed E-state index contributed by atoms with van der Waals surface area (Å²) in [5, 5.41) is 1.51. The maximum atomic E-state index is 6.11. The third kappa shape index (κ3) is 2.42. The van der Waals surface area contributed by atoms with Gasteiger partial charge in [-0.1, -0.05) is 6.42 Å². The molecular formula is C16H20ClN3S. The van der Waals surface area contributed by atoms with Crippen molar-refractivity contribution >= 4 is 39.0 Å². The van der Waals surface area contributed by atoms with E-state index in [4.69, 9.17) is 11.6 Å². The number of aryl methyl sites for hydroxylation is 1. The standard InChI is InChI=1S/C16H20ClN3S/c1-9-5-13-14(18-16(17)19-15(13)21-9)20(2)8-12-7-10-3-4-11(12)6-10/h5,10-12H,3-4,6-8H2,1-2H3. The molecule has 0 spiro atoms. The first kappa shape index (κ1) is 13.8. The van der Waals surface area contributed by atoms with Gasteiger partial charge in [0.05, 0.1) is 5.39 Å². The van der Waals surface area contributed by atoms with E-state index in [0.29, 0.717) is 5.28 Å². The Balaban J connectivity index is 1.63. The van der Waals surface area contributed by atoms with E-state index in [1.54, 1.807) is 11.3 Å². The minimum Gasteiger partial charge on any atom is -0.359 e. The number of hydrogen-bond acceptors (Lipinski definition) is 4. The number of rotatable bonds is 3. The van der Waals surface area contributed by atoms with Crippen molar-refractivity contribution in [2.75, 3.05) is 18.5 Å². The van der Waals surface area contributed by atoms with Crippen molar-refractivity contribution in [2.24, 2.45) is 17.8 Å². The molecule has 0 saturated heterocycles. The highest BCUT2D eigenvalue weighted by atomic mass is 35.5. The molecule has 2 aromatic rings. The Morgan fingerprint density at radius 1 is 1.33 bits per heavy atom. The van der Waals surface area contributed by atoms with Gasteiger partial charge in [-0.2, -0.15) is 4.98 Å². The Morgan fingerprint density at radius 2 is 2.19 bits per heavy atom. The first-order valence-corrected chi connectivity index (χ1v) is 8.94. The first-order valence-electron chi connectivity index (χ1n) is 7.75. The molecule has 3 nitrogen and oxygen atoms in total. The molecule has 21 heavy (non-hydrogen) atoms. The molecule has 2 aliphatic carbocycles. The molecule has 2 saturated carbocycles. The largest absolute Gasteiger partial charge is 0.359 e. The molecule has 2 fully saturated rings. The van der Waals surface area contributed by atoms with Crippen LogP contribution < -0.4 is 4.90 Å². The van der Waals surface area contributed by atoms with Gasteiger partial charge in [0, 0.05) is 18.5 Å². The second-order valence-electron chi connectivity index (χ2n) is 6.71. The van der Waals surface area contributed by atoms with Crippen LogP contribution in [0.1, 0.15) is 30.6 Å². The molecule has 0 aliphatic heterocycles. The third-order valence-corrected chi connectivity index (χ3v) is 6.34.